The van der Waals surface area contributed by atoms with Gasteiger partial charge in [-0.15, -0.1) is 0 Å². The van der Waals surface area contributed by atoms with Crippen LogP contribution in [0.1, 0.15) is 4.28 Å². The van der Waals surface area contributed by atoms with Crippen LogP contribution in [0.15, 0.2) is 0 Å². The summed E-state index contributed by atoms with van der Waals surface area (Å²) in [5.74, 6) is 0. The quantitative estimate of drug-likeness (QED) is 0.289. The molecule has 0 atom stereocenters. The molecule has 0 nitrogen and oxygen atoms in total. The van der Waals surface area contributed by atoms with Gasteiger partial charge in [0.05, 0.1) is 0 Å². The second kappa shape index (κ2) is 22.5. The van der Waals surface area contributed by atoms with Crippen LogP contribution in [0.25, 0.3) is 0 Å². The van der Waals surface area contributed by atoms with Crippen molar-refractivity contribution in [3.05, 3.63) is 0 Å². The van der Waals surface area contributed by atoms with Crippen molar-refractivity contribution in [3.8, 4) is 0 Å². The van der Waals surface area contributed by atoms with E-state index in [0.717, 1.165) is 0 Å². The first-order valence-corrected chi connectivity index (χ1v) is 0. The fraction of sp³-hybridized carbons (Fsp3) is 0. The summed E-state index contributed by atoms with van der Waals surface area (Å²) in [4.78, 5) is 0. The van der Waals surface area contributed by atoms with Crippen molar-refractivity contribution < 1.29 is 195 Å². The fourth-order valence-corrected chi connectivity index (χ4v) is 0. The van der Waals surface area contributed by atoms with Crippen LogP contribution < -0.4 is 146 Å². The van der Waals surface area contributed by atoms with Gasteiger partial charge in [-0.25, -0.2) is 0 Å². The predicted octanol–water partition coefficient (Wildman–Crippen LogP) is -8.66. The molecule has 0 saturated heterocycles. The molecule has 0 fully saturated rings. The van der Waals surface area contributed by atoms with Crippen LogP contribution in [0, 0.1) is 0 Å². The Bertz CT molecular complexity index is 19.2. The zero-order valence-electron chi connectivity index (χ0n) is 6.89. The number of hydrogen-bond acceptors (Lipinski definition) is 0. The van der Waals surface area contributed by atoms with Crippen molar-refractivity contribution >= 4 is 0 Å². The molecular formula is H3CsLiNbRbTa. The minimum absolute atomic E-state index is 0. The second-order valence-corrected chi connectivity index (χ2v) is 0. The molecule has 0 aromatic heterocycles. The molecule has 0 aromatic carbocycles. The van der Waals surface area contributed by atoms with Crippen LogP contribution in [0.4, 0.5) is 0 Å². The van der Waals surface area contributed by atoms with Crippen molar-refractivity contribution in [2.45, 2.75) is 0 Å². The first kappa shape index (κ1) is 30.6. The predicted molar refractivity (Wildman–Crippen MR) is 3.34 cm³/mol. The molecule has 0 rings (SSSR count). The first-order chi connectivity index (χ1) is 0. The fourth-order valence-electron chi connectivity index (χ4n) is 0. The molecule has 0 spiro atoms. The van der Waals surface area contributed by atoms with Crippen molar-refractivity contribution in [1.29, 1.82) is 0 Å². The average Bonchev–Trinajstić information content (AvgIpc) is 0. The van der Waals surface area contributed by atoms with Gasteiger partial charge in [0.25, 0.3) is 0 Å². The molecule has 16 valence electrons. The van der Waals surface area contributed by atoms with Gasteiger partial charge in [-0.05, 0) is 0 Å². The summed E-state index contributed by atoms with van der Waals surface area (Å²) in [5.41, 5.74) is 0. The molecule has 5 heteroatoms. The SMILES string of the molecule is [Cs+].[H-].[H-].[H-].[Li+].[Nb].[Rb+].[Ta]. The van der Waals surface area contributed by atoms with E-state index >= 15 is 0 Å². The topological polar surface area (TPSA) is 0 Å². The Labute approximate surface area is 188 Å². The van der Waals surface area contributed by atoms with E-state index in [1.807, 2.05) is 0 Å². The number of hydrogen-bond donors (Lipinski definition) is 0. The third-order valence-electron chi connectivity index (χ3n) is 0. The van der Waals surface area contributed by atoms with E-state index in [-0.39, 0.29) is 195 Å². The Morgan fingerprint density at radius 2 is 1.20 bits per heavy atom. The summed E-state index contributed by atoms with van der Waals surface area (Å²) >= 11 is 0. The summed E-state index contributed by atoms with van der Waals surface area (Å²) < 4.78 is 0. The van der Waals surface area contributed by atoms with Gasteiger partial charge in [0.15, 0.2) is 0 Å². The molecular weight excluding hydrogens is 499 g/mol. The maximum Gasteiger partial charge on any atom is 1.00 e. The van der Waals surface area contributed by atoms with Crippen molar-refractivity contribution in [2.75, 3.05) is 0 Å². The Hall–Kier alpha value is 5.94. The van der Waals surface area contributed by atoms with E-state index in [9.17, 15) is 0 Å². The maximum atomic E-state index is 0. The summed E-state index contributed by atoms with van der Waals surface area (Å²) in [6.45, 7) is 0. The molecule has 0 aliphatic heterocycles. The largest absolute Gasteiger partial charge is 1.00 e. The van der Waals surface area contributed by atoms with E-state index in [0.29, 0.717) is 0 Å². The smallest absolute Gasteiger partial charge is 1.00 e. The third kappa shape index (κ3) is 17.8. The van der Waals surface area contributed by atoms with Gasteiger partial charge in [0.1, 0.15) is 0 Å². The van der Waals surface area contributed by atoms with E-state index in [1.54, 1.807) is 0 Å². The molecule has 0 amide bonds. The van der Waals surface area contributed by atoms with Gasteiger partial charge in [0, 0.05) is 44.8 Å². The molecule has 2 radical (unpaired) electrons. The Balaban J connectivity index is 0. The Morgan fingerprint density at radius 1 is 1.20 bits per heavy atom. The molecule has 0 saturated carbocycles. The number of rotatable bonds is 0. The minimum atomic E-state index is 0. The van der Waals surface area contributed by atoms with E-state index in [4.69, 9.17) is 0 Å². The summed E-state index contributed by atoms with van der Waals surface area (Å²) in [6, 6.07) is 0. The Morgan fingerprint density at radius 3 is 1.20 bits per heavy atom. The molecule has 0 heterocycles. The van der Waals surface area contributed by atoms with Crippen LogP contribution in [0.2, 0.25) is 0 Å². The van der Waals surface area contributed by atoms with E-state index < -0.39 is 0 Å². The van der Waals surface area contributed by atoms with Crippen LogP contribution in [0.3, 0.4) is 0 Å². The molecule has 0 aliphatic rings. The van der Waals surface area contributed by atoms with Crippen molar-refractivity contribution in [2.24, 2.45) is 0 Å². The van der Waals surface area contributed by atoms with Gasteiger partial charge < -0.3 is 4.28 Å². The first-order valence-electron chi connectivity index (χ1n) is 0. The zero-order valence-corrected chi connectivity index (χ0v) is 20.5. The average molecular weight is 502 g/mol. The summed E-state index contributed by atoms with van der Waals surface area (Å²) in [6.07, 6.45) is 0. The zero-order chi connectivity index (χ0) is 0. The maximum absolute atomic E-state index is 0. The molecule has 0 aromatic rings. The van der Waals surface area contributed by atoms with Crippen LogP contribution in [-0.2, 0) is 44.8 Å². The van der Waals surface area contributed by atoms with E-state index in [2.05, 4.69) is 0 Å². The molecule has 5 heavy (non-hydrogen) atoms. The van der Waals surface area contributed by atoms with Gasteiger partial charge in [-0.1, -0.05) is 0 Å². The normalized spacial score (nSPS) is 0. The van der Waals surface area contributed by atoms with Gasteiger partial charge in [-0.2, -0.15) is 0 Å². The van der Waals surface area contributed by atoms with Crippen LogP contribution in [0.5, 0.6) is 0 Å². The Kier molecular flexibility index (Phi) is 138. The molecule has 0 aliphatic carbocycles. The molecule has 0 bridgehead atoms. The minimum Gasteiger partial charge on any atom is -1.00 e. The van der Waals surface area contributed by atoms with Crippen molar-refractivity contribution in [3.63, 3.8) is 0 Å². The second-order valence-electron chi connectivity index (χ2n) is 0. The van der Waals surface area contributed by atoms with Crippen molar-refractivity contribution in [1.82, 2.24) is 0 Å². The molecule has 0 N–H and O–H groups in total. The summed E-state index contributed by atoms with van der Waals surface area (Å²) in [7, 11) is 0. The molecule has 0 unspecified atom stereocenters. The summed E-state index contributed by atoms with van der Waals surface area (Å²) in [5, 5.41) is 0. The van der Waals surface area contributed by atoms with Crippen LogP contribution >= 0.6 is 0 Å². The van der Waals surface area contributed by atoms with Gasteiger partial charge in [0.2, 0.25) is 0 Å². The standard InChI is InChI=1S/Cs.Li.Nb.Rb.Ta.3H/q2*+1;;+1;;3*-1. The van der Waals surface area contributed by atoms with E-state index in [1.165, 1.54) is 0 Å². The third-order valence-corrected chi connectivity index (χ3v) is 0. The monoisotopic (exact) mass is 502 g/mol. The van der Waals surface area contributed by atoms with Gasteiger partial charge >= 0.3 is 146 Å². The van der Waals surface area contributed by atoms with Gasteiger partial charge in [-0.3, -0.25) is 0 Å². The van der Waals surface area contributed by atoms with Crippen LogP contribution in [-0.4, -0.2) is 0 Å².